The molecule has 1 aromatic carbocycles. The van der Waals surface area contributed by atoms with E-state index in [1.54, 1.807) is 51.1 Å². The van der Waals surface area contributed by atoms with E-state index in [9.17, 15) is 14.4 Å². The largest absolute Gasteiger partial charge is 0.466 e. The van der Waals surface area contributed by atoms with Crippen molar-refractivity contribution < 1.29 is 28.6 Å². The first-order valence-electron chi connectivity index (χ1n) is 7.30. The van der Waals surface area contributed by atoms with Gasteiger partial charge in [-0.05, 0) is 26.3 Å². The Morgan fingerprint density at radius 2 is 1.70 bits per heavy atom. The van der Waals surface area contributed by atoms with Gasteiger partial charge in [-0.25, -0.2) is 4.79 Å². The second-order valence-corrected chi connectivity index (χ2v) is 6.33. The number of carbonyl (C=O) groups excluding carboxylic acids is 3. The van der Waals surface area contributed by atoms with E-state index >= 15 is 0 Å². The summed E-state index contributed by atoms with van der Waals surface area (Å²) in [5.74, 6) is -4.14. The molecule has 1 aliphatic rings. The van der Waals surface area contributed by atoms with Crippen molar-refractivity contribution in [1.82, 2.24) is 0 Å². The molecule has 6 nitrogen and oxygen atoms in total. The fraction of sp³-hybridized carbons (Fsp3) is 0.471. The molecule has 0 N–H and O–H groups in total. The molecular weight excluding hydrogens is 300 g/mol. The van der Waals surface area contributed by atoms with E-state index in [4.69, 9.17) is 14.2 Å². The summed E-state index contributed by atoms with van der Waals surface area (Å²) < 4.78 is 15.1. The van der Waals surface area contributed by atoms with Crippen LogP contribution >= 0.6 is 0 Å². The molecule has 0 radical (unpaired) electrons. The van der Waals surface area contributed by atoms with Gasteiger partial charge in [-0.2, -0.15) is 0 Å². The van der Waals surface area contributed by atoms with Crippen molar-refractivity contribution in [2.24, 2.45) is 5.92 Å². The van der Waals surface area contributed by atoms with Crippen LogP contribution in [0.25, 0.3) is 0 Å². The standard InChI is InChI=1S/C17H20O6/c1-17(2,3)23-15(19)12-11(10-8-6-5-7-9-10)13(16(20)21-4)22-14(12)18/h5-9,11-13H,1-4H3/t11-,12-,13-/m0/s1. The van der Waals surface area contributed by atoms with E-state index in [1.165, 1.54) is 7.11 Å². The van der Waals surface area contributed by atoms with Gasteiger partial charge in [-0.3, -0.25) is 9.59 Å². The summed E-state index contributed by atoms with van der Waals surface area (Å²) in [4.78, 5) is 36.6. The summed E-state index contributed by atoms with van der Waals surface area (Å²) in [5.41, 5.74) is -0.105. The molecule has 1 aromatic rings. The third-order valence-corrected chi connectivity index (χ3v) is 3.46. The summed E-state index contributed by atoms with van der Waals surface area (Å²) in [7, 11) is 1.21. The Morgan fingerprint density at radius 1 is 1.09 bits per heavy atom. The van der Waals surface area contributed by atoms with E-state index in [0.717, 1.165) is 0 Å². The van der Waals surface area contributed by atoms with E-state index in [0.29, 0.717) is 5.56 Å². The summed E-state index contributed by atoms with van der Waals surface area (Å²) in [5, 5.41) is 0. The summed E-state index contributed by atoms with van der Waals surface area (Å²) in [6, 6.07) is 8.80. The van der Waals surface area contributed by atoms with Crippen LogP contribution in [0.15, 0.2) is 30.3 Å². The number of carbonyl (C=O) groups is 3. The zero-order valence-corrected chi connectivity index (χ0v) is 13.6. The highest BCUT2D eigenvalue weighted by Crippen LogP contribution is 2.39. The first-order valence-corrected chi connectivity index (χ1v) is 7.30. The predicted octanol–water partition coefficient (Wildman–Crippen LogP) is 1.83. The van der Waals surface area contributed by atoms with Gasteiger partial charge in [-0.15, -0.1) is 0 Å². The Hall–Kier alpha value is -2.37. The van der Waals surface area contributed by atoms with Crippen LogP contribution in [-0.4, -0.2) is 36.7 Å². The number of cyclic esters (lactones) is 1. The lowest BCUT2D eigenvalue weighted by atomic mass is 9.84. The molecule has 1 saturated heterocycles. The third kappa shape index (κ3) is 3.70. The SMILES string of the molecule is COC(=O)[C@H]1OC(=O)[C@@H](C(=O)OC(C)(C)C)[C@@H]1c1ccccc1. The van der Waals surface area contributed by atoms with E-state index in [2.05, 4.69) is 0 Å². The van der Waals surface area contributed by atoms with Crippen LogP contribution in [0.4, 0.5) is 0 Å². The van der Waals surface area contributed by atoms with Crippen LogP contribution in [0, 0.1) is 5.92 Å². The fourth-order valence-electron chi connectivity index (χ4n) is 2.55. The lowest BCUT2D eigenvalue weighted by molar-refractivity contribution is -0.166. The van der Waals surface area contributed by atoms with E-state index < -0.39 is 41.4 Å². The number of benzene rings is 1. The molecule has 0 saturated carbocycles. The van der Waals surface area contributed by atoms with Crippen LogP contribution in [0.2, 0.25) is 0 Å². The highest BCUT2D eigenvalue weighted by atomic mass is 16.6. The van der Waals surface area contributed by atoms with Crippen LogP contribution in [-0.2, 0) is 28.6 Å². The molecule has 0 unspecified atom stereocenters. The molecule has 23 heavy (non-hydrogen) atoms. The van der Waals surface area contributed by atoms with Gasteiger partial charge >= 0.3 is 17.9 Å². The van der Waals surface area contributed by atoms with Gasteiger partial charge in [0, 0.05) is 0 Å². The minimum absolute atomic E-state index is 0.643. The smallest absolute Gasteiger partial charge is 0.347 e. The zero-order valence-electron chi connectivity index (χ0n) is 13.6. The molecule has 1 fully saturated rings. The lowest BCUT2D eigenvalue weighted by Gasteiger charge is -2.24. The van der Waals surface area contributed by atoms with Gasteiger partial charge in [0.25, 0.3) is 0 Å². The number of hydrogen-bond acceptors (Lipinski definition) is 6. The van der Waals surface area contributed by atoms with Crippen LogP contribution in [0.1, 0.15) is 32.3 Å². The third-order valence-electron chi connectivity index (χ3n) is 3.46. The Labute approximate surface area is 134 Å². The number of esters is 3. The number of methoxy groups -OCH3 is 1. The minimum atomic E-state index is -1.19. The Balaban J connectivity index is 2.40. The molecule has 0 aliphatic carbocycles. The number of hydrogen-bond donors (Lipinski definition) is 0. The van der Waals surface area contributed by atoms with Crippen molar-refractivity contribution in [2.45, 2.75) is 38.4 Å². The second kappa shape index (κ2) is 6.40. The van der Waals surface area contributed by atoms with Crippen molar-refractivity contribution in [3.63, 3.8) is 0 Å². The van der Waals surface area contributed by atoms with Crippen molar-refractivity contribution in [3.05, 3.63) is 35.9 Å². The highest BCUT2D eigenvalue weighted by Gasteiger charge is 2.54. The van der Waals surface area contributed by atoms with Crippen LogP contribution < -0.4 is 0 Å². The molecule has 1 aliphatic heterocycles. The average Bonchev–Trinajstić information content (AvgIpc) is 2.83. The van der Waals surface area contributed by atoms with Gasteiger partial charge < -0.3 is 14.2 Å². The topological polar surface area (TPSA) is 78.9 Å². The van der Waals surface area contributed by atoms with Crippen molar-refractivity contribution in [2.75, 3.05) is 7.11 Å². The first-order chi connectivity index (χ1) is 10.7. The molecule has 0 amide bonds. The van der Waals surface area contributed by atoms with Crippen molar-refractivity contribution >= 4 is 17.9 Å². The molecule has 3 atom stereocenters. The molecule has 2 rings (SSSR count). The normalized spacial score (nSPS) is 24.0. The van der Waals surface area contributed by atoms with E-state index in [1.807, 2.05) is 0 Å². The quantitative estimate of drug-likeness (QED) is 0.480. The minimum Gasteiger partial charge on any atom is -0.466 e. The maximum atomic E-state index is 12.4. The van der Waals surface area contributed by atoms with Gasteiger partial charge in [0.2, 0.25) is 6.10 Å². The van der Waals surface area contributed by atoms with Gasteiger partial charge in [0.05, 0.1) is 13.0 Å². The van der Waals surface area contributed by atoms with Crippen LogP contribution in [0.3, 0.4) is 0 Å². The summed E-state index contributed by atoms with van der Waals surface area (Å²) in [6.07, 6.45) is -1.16. The molecule has 0 aromatic heterocycles. The molecule has 6 heteroatoms. The maximum Gasteiger partial charge on any atom is 0.347 e. The maximum absolute atomic E-state index is 12.4. The van der Waals surface area contributed by atoms with E-state index in [-0.39, 0.29) is 0 Å². The highest BCUT2D eigenvalue weighted by molar-refractivity contribution is 6.00. The van der Waals surface area contributed by atoms with Crippen molar-refractivity contribution in [1.29, 1.82) is 0 Å². The number of rotatable bonds is 3. The monoisotopic (exact) mass is 320 g/mol. The molecule has 0 spiro atoms. The fourth-order valence-corrected chi connectivity index (χ4v) is 2.55. The second-order valence-electron chi connectivity index (χ2n) is 6.33. The Bertz CT molecular complexity index is 601. The first kappa shape index (κ1) is 17.0. The Morgan fingerprint density at radius 3 is 2.22 bits per heavy atom. The summed E-state index contributed by atoms with van der Waals surface area (Å²) in [6.45, 7) is 5.13. The average molecular weight is 320 g/mol. The molecular formula is C17H20O6. The molecule has 124 valence electrons. The molecule has 0 bridgehead atoms. The van der Waals surface area contributed by atoms with Gasteiger partial charge in [0.1, 0.15) is 5.60 Å². The lowest BCUT2D eigenvalue weighted by Crippen LogP contribution is -2.35. The zero-order chi connectivity index (χ0) is 17.2. The molecule has 1 heterocycles. The Kier molecular flexibility index (Phi) is 4.73. The van der Waals surface area contributed by atoms with Gasteiger partial charge in [0.15, 0.2) is 5.92 Å². The number of ether oxygens (including phenoxy) is 3. The predicted molar refractivity (Wildman–Crippen MR) is 80.4 cm³/mol. The van der Waals surface area contributed by atoms with Gasteiger partial charge in [-0.1, -0.05) is 30.3 Å². The summed E-state index contributed by atoms with van der Waals surface area (Å²) >= 11 is 0. The van der Waals surface area contributed by atoms with Crippen LogP contribution in [0.5, 0.6) is 0 Å². The van der Waals surface area contributed by atoms with Crippen molar-refractivity contribution in [3.8, 4) is 0 Å².